The van der Waals surface area contributed by atoms with Crippen molar-refractivity contribution in [3.05, 3.63) is 142 Å². The molecule has 0 aliphatic rings. The van der Waals surface area contributed by atoms with Crippen molar-refractivity contribution in [1.29, 1.82) is 0 Å². The summed E-state index contributed by atoms with van der Waals surface area (Å²) in [4.78, 5) is 35.4. The van der Waals surface area contributed by atoms with Crippen LogP contribution in [0.4, 0.5) is 5.69 Å². The number of nitrogens with one attached hydrogen (secondary N) is 1. The maximum absolute atomic E-state index is 13.5. The first-order chi connectivity index (χ1) is 22.9. The Bertz CT molecular complexity index is 1630. The van der Waals surface area contributed by atoms with Gasteiger partial charge in [0.05, 0.1) is 23.6 Å². The highest BCUT2D eigenvalue weighted by atomic mass is 32.2. The van der Waals surface area contributed by atoms with Gasteiger partial charge in [-0.05, 0) is 49.6 Å². The highest BCUT2D eigenvalue weighted by Gasteiger charge is 2.41. The fourth-order valence-electron chi connectivity index (χ4n) is 4.75. The molecule has 0 bridgehead atoms. The summed E-state index contributed by atoms with van der Waals surface area (Å²) >= 11 is 0.959. The minimum absolute atomic E-state index is 0.0326. The predicted molar refractivity (Wildman–Crippen MR) is 184 cm³/mol. The first-order valence-electron chi connectivity index (χ1n) is 15.0. The van der Waals surface area contributed by atoms with E-state index in [4.69, 9.17) is 13.8 Å². The van der Waals surface area contributed by atoms with Gasteiger partial charge in [0.1, 0.15) is 17.4 Å². The topological polar surface area (TPSA) is 154 Å². The molecule has 2 atom stereocenters. The summed E-state index contributed by atoms with van der Waals surface area (Å²) in [6, 6.07) is 32.9. The molecule has 0 aliphatic heterocycles. The monoisotopic (exact) mass is 692 g/mol. The summed E-state index contributed by atoms with van der Waals surface area (Å²) in [6.45, 7) is 4.65. The largest absolute Gasteiger partial charge is 0.480 e. The van der Waals surface area contributed by atoms with Crippen LogP contribution in [0, 0.1) is 15.5 Å². The molecule has 4 aromatic carbocycles. The third-order valence-corrected chi connectivity index (χ3v) is 10.2. The Labute approximate surface area is 283 Å². The van der Waals surface area contributed by atoms with Crippen LogP contribution in [-0.4, -0.2) is 46.1 Å². The quantitative estimate of drug-likeness (QED) is 0.0373. The Kier molecular flexibility index (Phi) is 12.3. The molecule has 2 unspecified atom stereocenters. The Balaban J connectivity index is 1.47. The summed E-state index contributed by atoms with van der Waals surface area (Å²) in [5.41, 5.74) is 0.517. The van der Waals surface area contributed by atoms with Crippen molar-refractivity contribution in [2.75, 3.05) is 19.0 Å². The number of hydrogen-bond donors (Lipinski definition) is 2. The number of carboxylic acids is 1. The van der Waals surface area contributed by atoms with Crippen LogP contribution < -0.4 is 9.61 Å². The number of nitro groups is 1. The number of aliphatic carboxylic acids is 1. The average molecular weight is 693 g/mol. The summed E-state index contributed by atoms with van der Waals surface area (Å²) in [5, 5.41) is 22.5. The lowest BCUT2D eigenvalue weighted by Gasteiger charge is -2.38. The second kappa shape index (κ2) is 16.2. The normalized spacial score (nSPS) is 13.6. The van der Waals surface area contributed by atoms with E-state index in [0.717, 1.165) is 40.6 Å². The average Bonchev–Trinajstić information content (AvgIpc) is 3.08. The summed E-state index contributed by atoms with van der Waals surface area (Å²) in [7, 11) is -4.28. The Morgan fingerprint density at radius 2 is 1.35 bits per heavy atom. The number of benzene rings is 4. The van der Waals surface area contributed by atoms with Crippen molar-refractivity contribution in [2.24, 2.45) is 5.41 Å². The summed E-state index contributed by atoms with van der Waals surface area (Å²) in [6.07, 6.45) is 0. The highest BCUT2D eigenvalue weighted by molar-refractivity contribution is 8.13. The number of rotatable bonds is 17. The van der Waals surface area contributed by atoms with Crippen molar-refractivity contribution in [1.82, 2.24) is 5.09 Å². The Morgan fingerprint density at radius 3 is 1.79 bits per heavy atom. The third-order valence-electron chi connectivity index (χ3n) is 7.32. The van der Waals surface area contributed by atoms with Gasteiger partial charge in [0, 0.05) is 17.9 Å². The van der Waals surface area contributed by atoms with Crippen molar-refractivity contribution in [3.63, 3.8) is 0 Å². The van der Waals surface area contributed by atoms with E-state index < -0.39 is 35.7 Å². The van der Waals surface area contributed by atoms with E-state index in [1.165, 1.54) is 19.1 Å². The van der Waals surface area contributed by atoms with Gasteiger partial charge >= 0.3 is 13.7 Å². The van der Waals surface area contributed by atoms with E-state index in [1.54, 1.807) is 13.8 Å². The third kappa shape index (κ3) is 9.18. The van der Waals surface area contributed by atoms with Gasteiger partial charge in [0.2, 0.25) is 0 Å². The zero-order valence-electron chi connectivity index (χ0n) is 26.7. The van der Waals surface area contributed by atoms with Gasteiger partial charge in [-0.3, -0.25) is 24.2 Å². The summed E-state index contributed by atoms with van der Waals surface area (Å²) in [5.74, 6) is -1.26. The molecule has 0 amide bonds. The van der Waals surface area contributed by atoms with Crippen LogP contribution in [0.25, 0.3) is 0 Å². The number of thioether (sulfide) groups is 1. The van der Waals surface area contributed by atoms with Crippen LogP contribution in [0.5, 0.6) is 5.75 Å². The van der Waals surface area contributed by atoms with E-state index in [0.29, 0.717) is 0 Å². The molecule has 0 aromatic heterocycles. The number of non-ortho nitro benzene ring substituents is 1. The summed E-state index contributed by atoms with van der Waals surface area (Å²) < 4.78 is 31.3. The SMILES string of the molecule is CC(NP(=O)(OCCSC(=O)C(C)(C)COC(c1ccccc1)(c1ccccc1)c1ccccc1)Oc1ccc([N+](=O)[O-])cc1)C(=O)O. The second-order valence-corrected chi connectivity index (χ2v) is 14.2. The minimum atomic E-state index is -4.28. The van der Waals surface area contributed by atoms with Gasteiger partial charge in [-0.1, -0.05) is 103 Å². The number of nitro benzene ring substituents is 1. The van der Waals surface area contributed by atoms with Gasteiger partial charge in [-0.2, -0.15) is 5.09 Å². The van der Waals surface area contributed by atoms with Crippen molar-refractivity contribution in [3.8, 4) is 5.75 Å². The van der Waals surface area contributed by atoms with Crippen LogP contribution in [0.3, 0.4) is 0 Å². The zero-order chi connectivity index (χ0) is 34.8. The molecular formula is C35H37N2O9PS. The number of carbonyl (C=O) groups is 2. The first kappa shape index (κ1) is 36.5. The van der Waals surface area contributed by atoms with E-state index in [1.807, 2.05) is 91.0 Å². The van der Waals surface area contributed by atoms with E-state index in [2.05, 4.69) is 5.09 Å². The maximum atomic E-state index is 13.5. The lowest BCUT2D eigenvalue weighted by atomic mass is 9.79. The maximum Gasteiger partial charge on any atom is 0.459 e. The fraction of sp³-hybridized carbons (Fsp3) is 0.257. The lowest BCUT2D eigenvalue weighted by molar-refractivity contribution is -0.384. The smallest absolute Gasteiger partial charge is 0.459 e. The van der Waals surface area contributed by atoms with Gasteiger partial charge in [-0.15, -0.1) is 0 Å². The standard InChI is InChI=1S/C35H37N2O9PS/c1-26(32(38)39)36-47(43,46-31-21-19-30(20-22-31)37(41)42)45-23-24-48-33(40)34(2,3)25-44-35(27-13-7-4-8-14-27,28-15-9-5-10-16-28)29-17-11-6-12-18-29/h4-22,26H,23-25H2,1-3H3,(H,36,43)(H,38,39). The number of nitrogens with zero attached hydrogens (tertiary/aromatic N) is 1. The molecule has 4 aromatic rings. The number of carbonyl (C=O) groups excluding carboxylic acids is 1. The molecule has 0 radical (unpaired) electrons. The molecule has 0 aliphatic carbocycles. The number of hydrogen-bond acceptors (Lipinski definition) is 9. The molecular weight excluding hydrogens is 655 g/mol. The van der Waals surface area contributed by atoms with Gasteiger partial charge < -0.3 is 14.4 Å². The minimum Gasteiger partial charge on any atom is -0.480 e. The Morgan fingerprint density at radius 1 is 0.875 bits per heavy atom. The molecule has 4 rings (SSSR count). The van der Waals surface area contributed by atoms with Crippen LogP contribution in [0.15, 0.2) is 115 Å². The number of carboxylic acid groups (broad SMARTS) is 1. The fourth-order valence-corrected chi connectivity index (χ4v) is 7.17. The molecule has 11 nitrogen and oxygen atoms in total. The van der Waals surface area contributed by atoms with Crippen molar-refractivity contribution in [2.45, 2.75) is 32.4 Å². The highest BCUT2D eigenvalue weighted by Crippen LogP contribution is 2.46. The van der Waals surface area contributed by atoms with Crippen LogP contribution in [-0.2, 0) is 29.0 Å². The molecule has 48 heavy (non-hydrogen) atoms. The predicted octanol–water partition coefficient (Wildman–Crippen LogP) is 7.46. The van der Waals surface area contributed by atoms with E-state index in [-0.39, 0.29) is 35.5 Å². The van der Waals surface area contributed by atoms with Crippen LogP contribution >= 0.6 is 19.5 Å². The molecule has 0 fully saturated rings. The van der Waals surface area contributed by atoms with E-state index >= 15 is 0 Å². The van der Waals surface area contributed by atoms with Crippen molar-refractivity contribution < 1.29 is 38.0 Å². The Hall–Kier alpha value is -4.32. The van der Waals surface area contributed by atoms with Crippen LogP contribution in [0.2, 0.25) is 0 Å². The van der Waals surface area contributed by atoms with Gasteiger partial charge in [0.15, 0.2) is 5.12 Å². The molecule has 0 spiro atoms. The molecule has 13 heteroatoms. The first-order valence-corrected chi connectivity index (χ1v) is 17.6. The molecule has 2 N–H and O–H groups in total. The molecule has 0 heterocycles. The molecule has 0 saturated carbocycles. The van der Waals surface area contributed by atoms with Gasteiger partial charge in [-0.25, -0.2) is 4.57 Å². The molecule has 252 valence electrons. The van der Waals surface area contributed by atoms with Crippen molar-refractivity contribution >= 4 is 36.3 Å². The number of ether oxygens (including phenoxy) is 1. The van der Waals surface area contributed by atoms with Gasteiger partial charge in [0.25, 0.3) is 5.69 Å². The zero-order valence-corrected chi connectivity index (χ0v) is 28.4. The van der Waals surface area contributed by atoms with E-state index in [9.17, 15) is 29.4 Å². The second-order valence-electron chi connectivity index (χ2n) is 11.4. The molecule has 0 saturated heterocycles. The van der Waals surface area contributed by atoms with Crippen LogP contribution in [0.1, 0.15) is 37.5 Å². The lowest BCUT2D eigenvalue weighted by Crippen LogP contribution is -2.38.